The first-order valence-corrected chi connectivity index (χ1v) is 13.5. The molecule has 0 aromatic carbocycles. The molecule has 2 unspecified atom stereocenters. The Balaban J connectivity index is 1.76. The maximum absolute atomic E-state index is 12.2. The van der Waals surface area contributed by atoms with Crippen molar-refractivity contribution in [1.82, 2.24) is 19.5 Å². The van der Waals surface area contributed by atoms with Gasteiger partial charge in [0.1, 0.15) is 18.3 Å². The van der Waals surface area contributed by atoms with Crippen LogP contribution in [-0.4, -0.2) is 80.1 Å². The number of phosphoric ester groups is 1. The van der Waals surface area contributed by atoms with E-state index >= 15 is 0 Å². The van der Waals surface area contributed by atoms with E-state index in [0.29, 0.717) is 0 Å². The molecule has 3 rings (SSSR count). The van der Waals surface area contributed by atoms with Crippen LogP contribution in [0.2, 0.25) is 0 Å². The van der Waals surface area contributed by atoms with Crippen LogP contribution >= 0.6 is 23.5 Å². The zero-order chi connectivity index (χ0) is 26.3. The Labute approximate surface area is 192 Å². The molecule has 1 saturated heterocycles. The number of aliphatic hydroxyl groups excluding tert-OH is 2. The van der Waals surface area contributed by atoms with E-state index < -0.39 is 66.1 Å². The summed E-state index contributed by atoms with van der Waals surface area (Å²) in [6, 6.07) is 0. The van der Waals surface area contributed by atoms with Crippen LogP contribution in [0.1, 0.15) is 13.2 Å². The molecular formula is C12H18N5O15P3. The number of amides is 1. The Kier molecular flexibility index (Phi) is 7.81. The van der Waals surface area contributed by atoms with Gasteiger partial charge in [0.15, 0.2) is 17.4 Å². The quantitative estimate of drug-likeness (QED) is 0.153. The molecule has 8 N–H and O–H groups in total. The number of nitrogens with zero attached hydrogens (tertiary/aromatic N) is 3. The molecule has 196 valence electrons. The monoisotopic (exact) mass is 565 g/mol. The Hall–Kier alpha value is -1.89. The zero-order valence-electron chi connectivity index (χ0n) is 17.1. The summed E-state index contributed by atoms with van der Waals surface area (Å²) in [7, 11) is -16.9. The molecule has 2 aromatic heterocycles. The van der Waals surface area contributed by atoms with E-state index in [2.05, 4.69) is 33.4 Å². The van der Waals surface area contributed by atoms with Gasteiger partial charge in [-0.3, -0.25) is 29.0 Å². The number of aromatic amines is 1. The summed E-state index contributed by atoms with van der Waals surface area (Å²) in [6.45, 7) is 0.111. The van der Waals surface area contributed by atoms with Crippen molar-refractivity contribution in [2.75, 3.05) is 11.9 Å². The lowest BCUT2D eigenvalue weighted by atomic mass is 10.1. The summed E-state index contributed by atoms with van der Waals surface area (Å²) in [5.41, 5.74) is -1.15. The zero-order valence-corrected chi connectivity index (χ0v) is 19.8. The number of imidazole rings is 1. The number of fused-ring (bicyclic) bond motifs is 1. The van der Waals surface area contributed by atoms with Crippen molar-refractivity contribution in [3.8, 4) is 0 Å². The Morgan fingerprint density at radius 3 is 2.43 bits per heavy atom. The predicted octanol–water partition coefficient (Wildman–Crippen LogP) is -1.96. The smallest absolute Gasteiger partial charge is 0.387 e. The van der Waals surface area contributed by atoms with Crippen LogP contribution in [0.4, 0.5) is 5.95 Å². The van der Waals surface area contributed by atoms with Crippen molar-refractivity contribution < 1.29 is 66.2 Å². The van der Waals surface area contributed by atoms with Crippen molar-refractivity contribution in [3.05, 3.63) is 16.7 Å². The average molecular weight is 565 g/mol. The second kappa shape index (κ2) is 9.87. The fraction of sp³-hybridized carbons (Fsp3) is 0.500. The van der Waals surface area contributed by atoms with Crippen LogP contribution in [0.3, 0.4) is 0 Å². The van der Waals surface area contributed by atoms with E-state index in [-0.39, 0.29) is 17.1 Å². The lowest BCUT2D eigenvalue weighted by molar-refractivity contribution is -0.114. The van der Waals surface area contributed by atoms with Gasteiger partial charge in [-0.25, -0.2) is 18.7 Å². The first-order chi connectivity index (χ1) is 16.0. The highest BCUT2D eigenvalue weighted by Crippen LogP contribution is 2.66. The van der Waals surface area contributed by atoms with E-state index in [1.165, 1.54) is 0 Å². The number of hydrogen-bond donors (Lipinski definition) is 8. The molecule has 0 bridgehead atoms. The second-order valence-electron chi connectivity index (χ2n) is 6.85. The van der Waals surface area contributed by atoms with Gasteiger partial charge in [-0.15, -0.1) is 0 Å². The Morgan fingerprint density at radius 2 is 1.83 bits per heavy atom. The van der Waals surface area contributed by atoms with Gasteiger partial charge in [-0.05, 0) is 0 Å². The molecule has 0 saturated carbocycles. The minimum Gasteiger partial charge on any atom is -0.387 e. The number of anilines is 1. The Bertz CT molecular complexity index is 1320. The highest BCUT2D eigenvalue weighted by Gasteiger charge is 2.47. The van der Waals surface area contributed by atoms with Crippen molar-refractivity contribution in [3.63, 3.8) is 0 Å². The number of ether oxygens (including phenoxy) is 1. The molecular weight excluding hydrogens is 547 g/mol. The highest BCUT2D eigenvalue weighted by atomic mass is 31.3. The summed E-state index contributed by atoms with van der Waals surface area (Å²) in [5.74, 6) is -0.813. The number of carbonyl (C=O) groups is 1. The van der Waals surface area contributed by atoms with E-state index in [9.17, 15) is 38.4 Å². The van der Waals surface area contributed by atoms with E-state index in [0.717, 1.165) is 17.8 Å². The van der Waals surface area contributed by atoms with Gasteiger partial charge in [0.05, 0.1) is 12.9 Å². The lowest BCUT2D eigenvalue weighted by Crippen LogP contribution is -2.33. The largest absolute Gasteiger partial charge is 0.490 e. The third-order valence-electron chi connectivity index (χ3n) is 4.16. The van der Waals surface area contributed by atoms with Crippen LogP contribution in [0, 0.1) is 0 Å². The minimum atomic E-state index is -5.76. The van der Waals surface area contributed by atoms with Crippen LogP contribution in [0.25, 0.3) is 11.2 Å². The summed E-state index contributed by atoms with van der Waals surface area (Å²) in [6.07, 6.45) is -5.57. The highest BCUT2D eigenvalue weighted by molar-refractivity contribution is 7.66. The predicted molar refractivity (Wildman–Crippen MR) is 108 cm³/mol. The fourth-order valence-corrected chi connectivity index (χ4v) is 5.94. The molecule has 0 spiro atoms. The van der Waals surface area contributed by atoms with Gasteiger partial charge in [0.25, 0.3) is 5.56 Å². The normalized spacial score (nSPS) is 26.4. The standard InChI is InChI=1S/C12H18N5O15P3/c1-4(18)14-12-15-9-6(10(21)16-12)13-3-17(9)11-8(20)7(19)5(30-11)2-29-34(25,26)32-35(27,28)31-33(22,23)24/h3,5,7-8,11,19-20H,2H2,1H3,(H,25,26)(H,27,28)(H2,22,23,24)(H2,14,15,16,18,21)/t5-,7-,8-,11-/m1/s1. The second-order valence-corrected chi connectivity index (χ2v) is 11.3. The molecule has 1 amide bonds. The van der Waals surface area contributed by atoms with Gasteiger partial charge in [0.2, 0.25) is 11.9 Å². The van der Waals surface area contributed by atoms with Crippen LogP contribution < -0.4 is 10.9 Å². The third kappa shape index (κ3) is 6.87. The van der Waals surface area contributed by atoms with Gasteiger partial charge < -0.3 is 34.5 Å². The molecule has 0 radical (unpaired) electrons. The number of aromatic nitrogens is 4. The SMILES string of the molecule is CC(=O)Nc1nc2c(ncn2[C@@H]2O[C@H](COP(=O)(O)OP(=O)(O)OP(=O)(O)O)[C@@H](O)[C@H]2O)c(=O)[nH]1. The number of hydrogen-bond acceptors (Lipinski definition) is 13. The first-order valence-electron chi connectivity index (χ1n) is 9.02. The molecule has 1 aliphatic rings. The molecule has 1 fully saturated rings. The third-order valence-corrected chi connectivity index (χ3v) is 7.96. The number of nitrogens with one attached hydrogen (secondary N) is 2. The van der Waals surface area contributed by atoms with Crippen molar-refractivity contribution in [2.45, 2.75) is 31.5 Å². The molecule has 3 heterocycles. The maximum Gasteiger partial charge on any atom is 0.490 e. The summed E-state index contributed by atoms with van der Waals surface area (Å²) >= 11 is 0. The lowest BCUT2D eigenvalue weighted by Gasteiger charge is -2.19. The summed E-state index contributed by atoms with van der Waals surface area (Å²) < 4.78 is 51.8. The van der Waals surface area contributed by atoms with Gasteiger partial charge in [0, 0.05) is 6.92 Å². The van der Waals surface area contributed by atoms with Crippen molar-refractivity contribution >= 4 is 46.5 Å². The molecule has 0 aliphatic carbocycles. The van der Waals surface area contributed by atoms with E-state index in [1.54, 1.807) is 0 Å². The Morgan fingerprint density at radius 1 is 1.17 bits per heavy atom. The fourth-order valence-electron chi connectivity index (χ4n) is 2.91. The van der Waals surface area contributed by atoms with Crippen molar-refractivity contribution in [2.24, 2.45) is 0 Å². The number of aliphatic hydroxyl groups is 2. The minimum absolute atomic E-state index is 0.178. The van der Waals surface area contributed by atoms with E-state index in [1.807, 2.05) is 0 Å². The molecule has 23 heteroatoms. The number of carbonyl (C=O) groups excluding carboxylic acids is 1. The number of rotatable bonds is 9. The van der Waals surface area contributed by atoms with Gasteiger partial charge >= 0.3 is 23.5 Å². The van der Waals surface area contributed by atoms with Crippen LogP contribution in [0.15, 0.2) is 11.1 Å². The number of H-pyrrole nitrogens is 1. The molecule has 6 atom stereocenters. The topological polar surface area (TPSA) is 302 Å². The van der Waals surface area contributed by atoms with Crippen LogP contribution in [0.5, 0.6) is 0 Å². The summed E-state index contributed by atoms with van der Waals surface area (Å²) in [4.78, 5) is 69.2. The first kappa shape index (κ1) is 27.7. The van der Waals surface area contributed by atoms with Crippen molar-refractivity contribution in [1.29, 1.82) is 0 Å². The summed E-state index contributed by atoms with van der Waals surface area (Å²) in [5, 5.41) is 22.9. The maximum atomic E-state index is 12.2. The molecule has 20 nitrogen and oxygen atoms in total. The molecule has 1 aliphatic heterocycles. The van der Waals surface area contributed by atoms with E-state index in [4.69, 9.17) is 19.4 Å². The molecule has 35 heavy (non-hydrogen) atoms. The van der Waals surface area contributed by atoms with Crippen LogP contribution in [-0.2, 0) is 36.4 Å². The average Bonchev–Trinajstić information content (AvgIpc) is 3.19. The molecule has 2 aromatic rings. The number of phosphoric acid groups is 3. The van der Waals surface area contributed by atoms with Gasteiger partial charge in [-0.2, -0.15) is 13.6 Å². The van der Waals surface area contributed by atoms with Gasteiger partial charge in [-0.1, -0.05) is 0 Å².